The lowest BCUT2D eigenvalue weighted by Gasteiger charge is -2.09. The molecule has 0 aliphatic rings. The summed E-state index contributed by atoms with van der Waals surface area (Å²) >= 11 is 18.1. The lowest BCUT2D eigenvalue weighted by molar-refractivity contribution is 0.112. The predicted molar refractivity (Wildman–Crippen MR) is 75.3 cm³/mol. The molecule has 1 aromatic carbocycles. The lowest BCUT2D eigenvalue weighted by Crippen LogP contribution is -2.01. The highest BCUT2D eigenvalue weighted by Crippen LogP contribution is 2.34. The van der Waals surface area contributed by atoms with Crippen molar-refractivity contribution in [3.05, 3.63) is 38.5 Å². The summed E-state index contributed by atoms with van der Waals surface area (Å²) in [5, 5.41) is 5.27. The topological polar surface area (TPSA) is 44.1 Å². The highest BCUT2D eigenvalue weighted by molar-refractivity contribution is 6.40. The Bertz CT molecular complexity index is 630. The summed E-state index contributed by atoms with van der Waals surface area (Å²) in [5.41, 5.74) is 1.39. The van der Waals surface area contributed by atoms with Gasteiger partial charge in [0.2, 0.25) is 5.88 Å². The molecule has 4 nitrogen and oxygen atoms in total. The third kappa shape index (κ3) is 2.43. The van der Waals surface area contributed by atoms with E-state index in [1.165, 1.54) is 11.8 Å². The fourth-order valence-corrected chi connectivity index (χ4v) is 2.71. The number of hydrogen-bond acceptors (Lipinski definition) is 3. The van der Waals surface area contributed by atoms with E-state index in [0.717, 1.165) is 0 Å². The first-order chi connectivity index (χ1) is 8.99. The second-order valence-electron chi connectivity index (χ2n) is 3.76. The van der Waals surface area contributed by atoms with Gasteiger partial charge >= 0.3 is 0 Å². The highest BCUT2D eigenvalue weighted by atomic mass is 35.5. The quantitative estimate of drug-likeness (QED) is 0.804. The first-order valence-electron chi connectivity index (χ1n) is 5.23. The van der Waals surface area contributed by atoms with Crippen LogP contribution in [0.1, 0.15) is 16.1 Å². The van der Waals surface area contributed by atoms with Crippen LogP contribution in [0.4, 0.5) is 0 Å². The fourth-order valence-electron chi connectivity index (χ4n) is 1.73. The van der Waals surface area contributed by atoms with Gasteiger partial charge in [-0.1, -0.05) is 34.8 Å². The van der Waals surface area contributed by atoms with Crippen LogP contribution in [0.3, 0.4) is 0 Å². The maximum absolute atomic E-state index is 11.1. The average molecular weight is 320 g/mol. The number of hydrogen-bond donors (Lipinski definition) is 0. The van der Waals surface area contributed by atoms with Gasteiger partial charge in [-0.25, -0.2) is 4.68 Å². The van der Waals surface area contributed by atoms with Crippen molar-refractivity contribution in [1.82, 2.24) is 9.78 Å². The van der Waals surface area contributed by atoms with Gasteiger partial charge in [0.25, 0.3) is 0 Å². The molecule has 0 spiro atoms. The minimum atomic E-state index is 0.217. The molecule has 0 saturated heterocycles. The number of carbonyl (C=O) groups excluding carboxylic acids is 1. The van der Waals surface area contributed by atoms with Crippen molar-refractivity contribution in [2.45, 2.75) is 6.92 Å². The molecule has 19 heavy (non-hydrogen) atoms. The molecule has 0 fully saturated rings. The Balaban J connectivity index is 2.73. The van der Waals surface area contributed by atoms with Crippen LogP contribution in [0.25, 0.3) is 5.69 Å². The van der Waals surface area contributed by atoms with Crippen molar-refractivity contribution in [1.29, 1.82) is 0 Å². The molecule has 7 heteroatoms. The van der Waals surface area contributed by atoms with E-state index in [9.17, 15) is 4.79 Å². The van der Waals surface area contributed by atoms with Crippen LogP contribution in [0.2, 0.25) is 15.1 Å². The van der Waals surface area contributed by atoms with Crippen LogP contribution in [-0.4, -0.2) is 23.2 Å². The third-order valence-electron chi connectivity index (χ3n) is 2.63. The van der Waals surface area contributed by atoms with Crippen molar-refractivity contribution >= 4 is 41.1 Å². The second-order valence-corrected chi connectivity index (χ2v) is 5.01. The Hall–Kier alpha value is -1.23. The Labute approximate surface area is 124 Å². The van der Waals surface area contributed by atoms with Gasteiger partial charge in [0.05, 0.1) is 28.4 Å². The normalized spacial score (nSPS) is 10.6. The summed E-state index contributed by atoms with van der Waals surface area (Å²) in [6.07, 6.45) is 0.676. The maximum Gasteiger partial charge on any atom is 0.243 e. The van der Waals surface area contributed by atoms with Crippen molar-refractivity contribution in [3.63, 3.8) is 0 Å². The molecule has 100 valence electrons. The summed E-state index contributed by atoms with van der Waals surface area (Å²) in [4.78, 5) is 11.1. The molecule has 0 aliphatic carbocycles. The smallest absolute Gasteiger partial charge is 0.243 e. The van der Waals surface area contributed by atoms with Crippen molar-refractivity contribution in [2.75, 3.05) is 7.11 Å². The molecule has 0 atom stereocenters. The zero-order chi connectivity index (χ0) is 14.2. The van der Waals surface area contributed by atoms with E-state index in [-0.39, 0.29) is 5.88 Å². The molecule has 0 amide bonds. The van der Waals surface area contributed by atoms with Gasteiger partial charge in [0.1, 0.15) is 5.69 Å². The van der Waals surface area contributed by atoms with Gasteiger partial charge in [-0.15, -0.1) is 5.10 Å². The Morgan fingerprint density at radius 2 is 1.84 bits per heavy atom. The minimum absolute atomic E-state index is 0.217. The Morgan fingerprint density at radius 3 is 2.26 bits per heavy atom. The fraction of sp³-hybridized carbons (Fsp3) is 0.167. The van der Waals surface area contributed by atoms with Gasteiger partial charge in [-0.05, 0) is 19.1 Å². The molecule has 0 aliphatic heterocycles. The molecule has 0 radical (unpaired) electrons. The molecule has 0 saturated carbocycles. The number of benzene rings is 1. The van der Waals surface area contributed by atoms with E-state index in [1.807, 2.05) is 0 Å². The number of halogens is 3. The maximum atomic E-state index is 11.1. The van der Waals surface area contributed by atoms with E-state index in [4.69, 9.17) is 39.5 Å². The second kappa shape index (κ2) is 5.41. The summed E-state index contributed by atoms with van der Waals surface area (Å²) in [6.45, 7) is 1.72. The third-order valence-corrected chi connectivity index (χ3v) is 3.43. The van der Waals surface area contributed by atoms with E-state index in [0.29, 0.717) is 38.3 Å². The van der Waals surface area contributed by atoms with Crippen LogP contribution in [0.5, 0.6) is 5.88 Å². The number of ether oxygens (including phenoxy) is 1. The van der Waals surface area contributed by atoms with Gasteiger partial charge in [-0.2, -0.15) is 0 Å². The molecular formula is C12H9Cl3N2O2. The van der Waals surface area contributed by atoms with Crippen LogP contribution in [0.15, 0.2) is 12.1 Å². The van der Waals surface area contributed by atoms with Crippen LogP contribution < -0.4 is 4.74 Å². The molecule has 1 heterocycles. The van der Waals surface area contributed by atoms with Crippen molar-refractivity contribution in [3.8, 4) is 11.6 Å². The molecule has 2 aromatic rings. The van der Waals surface area contributed by atoms with Crippen LogP contribution in [0, 0.1) is 6.92 Å². The van der Waals surface area contributed by atoms with Crippen LogP contribution in [-0.2, 0) is 0 Å². The summed E-state index contributed by atoms with van der Waals surface area (Å²) < 4.78 is 6.51. The number of methoxy groups -OCH3 is 1. The predicted octanol–water partition coefficient (Wildman–Crippen LogP) is 3.96. The zero-order valence-electron chi connectivity index (χ0n) is 10.1. The number of carbonyl (C=O) groups is 1. The first kappa shape index (κ1) is 14.2. The number of rotatable bonds is 3. The lowest BCUT2D eigenvalue weighted by atomic mass is 10.2. The Morgan fingerprint density at radius 1 is 1.26 bits per heavy atom. The minimum Gasteiger partial charge on any atom is -0.479 e. The SMILES string of the molecule is COc1nn(-c2c(Cl)cc(Cl)cc2Cl)c(C)c1C=O. The summed E-state index contributed by atoms with van der Waals surface area (Å²) in [7, 11) is 1.43. The van der Waals surface area contributed by atoms with Crippen molar-refractivity contribution in [2.24, 2.45) is 0 Å². The zero-order valence-corrected chi connectivity index (χ0v) is 12.3. The highest BCUT2D eigenvalue weighted by Gasteiger charge is 2.19. The van der Waals surface area contributed by atoms with E-state index >= 15 is 0 Å². The molecule has 1 aromatic heterocycles. The number of aldehydes is 1. The molecule has 0 N–H and O–H groups in total. The van der Waals surface area contributed by atoms with Gasteiger partial charge in [-0.3, -0.25) is 4.79 Å². The molecule has 0 bridgehead atoms. The summed E-state index contributed by atoms with van der Waals surface area (Å²) in [5.74, 6) is 0.217. The summed E-state index contributed by atoms with van der Waals surface area (Å²) in [6, 6.07) is 3.11. The molecular weight excluding hydrogens is 311 g/mol. The molecule has 2 rings (SSSR count). The van der Waals surface area contributed by atoms with Crippen molar-refractivity contribution < 1.29 is 9.53 Å². The number of nitrogens with zero attached hydrogens (tertiary/aromatic N) is 2. The standard InChI is InChI=1S/C12H9Cl3N2O2/c1-6-8(5-18)12(19-2)16-17(6)11-9(14)3-7(13)4-10(11)15/h3-5H,1-2H3. The molecule has 0 unspecified atom stereocenters. The largest absolute Gasteiger partial charge is 0.479 e. The van der Waals surface area contributed by atoms with Crippen LogP contribution >= 0.6 is 34.8 Å². The van der Waals surface area contributed by atoms with Gasteiger partial charge in [0, 0.05) is 5.02 Å². The van der Waals surface area contributed by atoms with Gasteiger partial charge < -0.3 is 4.74 Å². The van der Waals surface area contributed by atoms with E-state index in [1.54, 1.807) is 19.1 Å². The first-order valence-corrected chi connectivity index (χ1v) is 6.36. The monoisotopic (exact) mass is 318 g/mol. The average Bonchev–Trinajstić information content (AvgIpc) is 2.65. The van der Waals surface area contributed by atoms with E-state index < -0.39 is 0 Å². The Kier molecular flexibility index (Phi) is 4.04. The number of aromatic nitrogens is 2. The van der Waals surface area contributed by atoms with Gasteiger partial charge in [0.15, 0.2) is 6.29 Å². The van der Waals surface area contributed by atoms with E-state index in [2.05, 4.69) is 5.10 Å².